The number of ether oxygens (including phenoxy) is 1. The standard InChI is InChI=1S/C15H23N5O2S.ClH/c1-3-11-7-13(22-19-11)10-23-15-18-17-14(8-16-2)20(15)9-12-5-4-6-21-12;/h7,12,16H,3-6,8-10H2,1-2H3;1H. The van der Waals surface area contributed by atoms with Crippen molar-refractivity contribution in [1.29, 1.82) is 0 Å². The number of nitrogens with zero attached hydrogens (tertiary/aromatic N) is 4. The van der Waals surface area contributed by atoms with Crippen molar-refractivity contribution in [3.8, 4) is 0 Å². The van der Waals surface area contributed by atoms with Crippen LogP contribution in [0.1, 0.15) is 37.0 Å². The Bertz CT molecular complexity index is 627. The molecule has 2 aromatic rings. The van der Waals surface area contributed by atoms with Crippen molar-refractivity contribution >= 4 is 24.2 Å². The van der Waals surface area contributed by atoms with E-state index in [4.69, 9.17) is 9.26 Å². The molecule has 0 amide bonds. The molecule has 0 radical (unpaired) electrons. The molecule has 1 aliphatic rings. The highest BCUT2D eigenvalue weighted by atomic mass is 35.5. The van der Waals surface area contributed by atoms with E-state index in [1.54, 1.807) is 11.8 Å². The van der Waals surface area contributed by atoms with Crippen LogP contribution in [0.2, 0.25) is 0 Å². The summed E-state index contributed by atoms with van der Waals surface area (Å²) in [5, 5.41) is 16.7. The lowest BCUT2D eigenvalue weighted by molar-refractivity contribution is 0.0941. The summed E-state index contributed by atoms with van der Waals surface area (Å²) in [5.41, 5.74) is 0.984. The Morgan fingerprint density at radius 2 is 2.29 bits per heavy atom. The Balaban J connectivity index is 0.00000208. The molecule has 7 nitrogen and oxygen atoms in total. The van der Waals surface area contributed by atoms with Crippen molar-refractivity contribution in [1.82, 2.24) is 25.2 Å². The molecule has 1 atom stereocenters. The minimum atomic E-state index is 0. The number of thioether (sulfide) groups is 1. The van der Waals surface area contributed by atoms with Gasteiger partial charge in [0, 0.05) is 12.7 Å². The van der Waals surface area contributed by atoms with Crippen LogP contribution >= 0.6 is 24.2 Å². The molecule has 0 spiro atoms. The normalized spacial score (nSPS) is 17.2. The second kappa shape index (κ2) is 9.41. The van der Waals surface area contributed by atoms with Crippen molar-refractivity contribution in [2.45, 2.75) is 56.3 Å². The smallest absolute Gasteiger partial charge is 0.191 e. The molecular formula is C15H24ClN5O2S. The fourth-order valence-corrected chi connectivity index (χ4v) is 3.46. The zero-order valence-electron chi connectivity index (χ0n) is 14.0. The van der Waals surface area contributed by atoms with Crippen LogP contribution < -0.4 is 5.32 Å². The van der Waals surface area contributed by atoms with E-state index >= 15 is 0 Å². The molecule has 0 bridgehead atoms. The summed E-state index contributed by atoms with van der Waals surface area (Å²) in [6, 6.07) is 2.00. The SMILES string of the molecule is CCc1cc(CSc2nnc(CNC)n2CC2CCCO2)on1.Cl. The molecule has 3 rings (SSSR count). The van der Waals surface area contributed by atoms with E-state index in [0.717, 1.165) is 54.8 Å². The van der Waals surface area contributed by atoms with Gasteiger partial charge >= 0.3 is 0 Å². The van der Waals surface area contributed by atoms with E-state index in [2.05, 4.69) is 32.2 Å². The number of aryl methyl sites for hydroxylation is 1. The monoisotopic (exact) mass is 373 g/mol. The molecule has 1 N–H and O–H groups in total. The van der Waals surface area contributed by atoms with E-state index in [9.17, 15) is 0 Å². The quantitative estimate of drug-likeness (QED) is 0.712. The third-order valence-corrected chi connectivity index (χ3v) is 4.84. The maximum atomic E-state index is 5.76. The molecule has 0 aliphatic carbocycles. The maximum Gasteiger partial charge on any atom is 0.191 e. The van der Waals surface area contributed by atoms with Crippen LogP contribution in [-0.4, -0.2) is 39.7 Å². The van der Waals surface area contributed by atoms with Gasteiger partial charge in [0.25, 0.3) is 0 Å². The summed E-state index contributed by atoms with van der Waals surface area (Å²) in [6.45, 7) is 4.43. The number of nitrogens with one attached hydrogen (secondary N) is 1. The highest BCUT2D eigenvalue weighted by Crippen LogP contribution is 2.24. The highest BCUT2D eigenvalue weighted by Gasteiger charge is 2.21. The van der Waals surface area contributed by atoms with Crippen molar-refractivity contribution in [3.63, 3.8) is 0 Å². The van der Waals surface area contributed by atoms with Crippen molar-refractivity contribution in [3.05, 3.63) is 23.3 Å². The minimum Gasteiger partial charge on any atom is -0.376 e. The van der Waals surface area contributed by atoms with Gasteiger partial charge in [-0.25, -0.2) is 0 Å². The Morgan fingerprint density at radius 3 is 2.96 bits per heavy atom. The largest absolute Gasteiger partial charge is 0.376 e. The molecular weight excluding hydrogens is 350 g/mol. The van der Waals surface area contributed by atoms with Crippen LogP contribution in [0, 0.1) is 0 Å². The van der Waals surface area contributed by atoms with Crippen LogP contribution in [-0.2, 0) is 30.0 Å². The van der Waals surface area contributed by atoms with Gasteiger partial charge in [0.2, 0.25) is 0 Å². The third-order valence-electron chi connectivity index (χ3n) is 3.85. The van der Waals surface area contributed by atoms with Crippen LogP contribution in [0.5, 0.6) is 0 Å². The first-order valence-corrected chi connectivity index (χ1v) is 9.04. The van der Waals surface area contributed by atoms with Crippen LogP contribution in [0.3, 0.4) is 0 Å². The van der Waals surface area contributed by atoms with Crippen molar-refractivity contribution in [2.24, 2.45) is 0 Å². The molecule has 2 aromatic heterocycles. The average molecular weight is 374 g/mol. The van der Waals surface area contributed by atoms with Gasteiger partial charge in [-0.3, -0.25) is 0 Å². The van der Waals surface area contributed by atoms with Crippen molar-refractivity contribution < 1.29 is 9.26 Å². The molecule has 1 aliphatic heterocycles. The summed E-state index contributed by atoms with van der Waals surface area (Å²) in [6.07, 6.45) is 3.38. The summed E-state index contributed by atoms with van der Waals surface area (Å²) >= 11 is 1.63. The van der Waals surface area contributed by atoms with E-state index in [0.29, 0.717) is 12.3 Å². The van der Waals surface area contributed by atoms with E-state index in [1.165, 1.54) is 0 Å². The summed E-state index contributed by atoms with van der Waals surface area (Å²) in [7, 11) is 1.92. The summed E-state index contributed by atoms with van der Waals surface area (Å²) in [5.74, 6) is 2.52. The lowest BCUT2D eigenvalue weighted by Crippen LogP contribution is -2.20. The van der Waals surface area contributed by atoms with Gasteiger partial charge in [0.05, 0.1) is 30.6 Å². The van der Waals surface area contributed by atoms with Crippen LogP contribution in [0.4, 0.5) is 0 Å². The Labute approximate surface area is 152 Å². The number of hydrogen-bond acceptors (Lipinski definition) is 7. The lowest BCUT2D eigenvalue weighted by Gasteiger charge is -2.14. The lowest BCUT2D eigenvalue weighted by atomic mass is 10.2. The summed E-state index contributed by atoms with van der Waals surface area (Å²) < 4.78 is 13.3. The predicted octanol–water partition coefficient (Wildman–Crippen LogP) is 2.44. The molecule has 0 aromatic carbocycles. The number of halogens is 1. The zero-order chi connectivity index (χ0) is 16.1. The molecule has 3 heterocycles. The topological polar surface area (TPSA) is 78.0 Å². The van der Waals surface area contributed by atoms with Gasteiger partial charge in [-0.2, -0.15) is 0 Å². The molecule has 1 fully saturated rings. The Kier molecular flexibility index (Phi) is 7.54. The first kappa shape index (κ1) is 19.2. The van der Waals surface area contributed by atoms with Gasteiger partial charge < -0.3 is 19.1 Å². The molecule has 24 heavy (non-hydrogen) atoms. The Morgan fingerprint density at radius 1 is 1.42 bits per heavy atom. The second-order valence-corrected chi connectivity index (χ2v) is 6.54. The first-order valence-electron chi connectivity index (χ1n) is 8.05. The third kappa shape index (κ3) is 4.72. The zero-order valence-corrected chi connectivity index (χ0v) is 15.7. The minimum absolute atomic E-state index is 0. The van der Waals surface area contributed by atoms with Crippen LogP contribution in [0.15, 0.2) is 15.7 Å². The molecule has 1 unspecified atom stereocenters. The van der Waals surface area contributed by atoms with Gasteiger partial charge in [-0.05, 0) is 26.3 Å². The number of hydrogen-bond donors (Lipinski definition) is 1. The molecule has 9 heteroatoms. The highest BCUT2D eigenvalue weighted by molar-refractivity contribution is 7.98. The molecule has 0 saturated carbocycles. The van der Waals surface area contributed by atoms with Gasteiger partial charge in [0.15, 0.2) is 5.16 Å². The Hall–Kier alpha value is -1.09. The van der Waals surface area contributed by atoms with Crippen LogP contribution in [0.25, 0.3) is 0 Å². The predicted molar refractivity (Wildman–Crippen MR) is 94.4 cm³/mol. The number of aromatic nitrogens is 4. The molecule has 134 valence electrons. The summed E-state index contributed by atoms with van der Waals surface area (Å²) in [4.78, 5) is 0. The van der Waals surface area contributed by atoms with E-state index < -0.39 is 0 Å². The fraction of sp³-hybridized carbons (Fsp3) is 0.667. The van der Waals surface area contributed by atoms with Gasteiger partial charge in [0.1, 0.15) is 11.6 Å². The van der Waals surface area contributed by atoms with E-state index in [-0.39, 0.29) is 18.5 Å². The van der Waals surface area contributed by atoms with Gasteiger partial charge in [-0.1, -0.05) is 23.8 Å². The van der Waals surface area contributed by atoms with Gasteiger partial charge in [-0.15, -0.1) is 22.6 Å². The fourth-order valence-electron chi connectivity index (χ4n) is 2.62. The second-order valence-electron chi connectivity index (χ2n) is 5.60. The van der Waals surface area contributed by atoms with Crippen molar-refractivity contribution in [2.75, 3.05) is 13.7 Å². The molecule has 1 saturated heterocycles. The average Bonchev–Trinajstić information content (AvgIpc) is 3.29. The maximum absolute atomic E-state index is 5.76. The first-order chi connectivity index (χ1) is 11.3. The number of rotatable bonds is 8. The van der Waals surface area contributed by atoms with E-state index in [1.807, 2.05) is 13.1 Å².